The number of dihydropyridines is 1. The number of hydrogen-bond donors (Lipinski definition) is 2. The van der Waals surface area contributed by atoms with Gasteiger partial charge in [0.05, 0.1) is 11.1 Å². The first kappa shape index (κ1) is 32.7. The van der Waals surface area contributed by atoms with Gasteiger partial charge >= 0.3 is 0 Å². The van der Waals surface area contributed by atoms with Crippen molar-refractivity contribution in [2.45, 2.75) is 11.8 Å². The summed E-state index contributed by atoms with van der Waals surface area (Å²) in [7, 11) is 0. The lowest BCUT2D eigenvalue weighted by Crippen LogP contribution is -2.39. The molecule has 3 aliphatic rings. The van der Waals surface area contributed by atoms with E-state index in [2.05, 4.69) is 187 Å². The van der Waals surface area contributed by atoms with E-state index in [1.807, 2.05) is 12.1 Å². The fourth-order valence-corrected chi connectivity index (χ4v) is 8.71. The van der Waals surface area contributed by atoms with Gasteiger partial charge in [-0.2, -0.15) is 0 Å². The Morgan fingerprint density at radius 1 is 0.582 bits per heavy atom. The molecule has 0 saturated heterocycles. The van der Waals surface area contributed by atoms with Crippen LogP contribution in [0.1, 0.15) is 38.9 Å². The van der Waals surface area contributed by atoms with E-state index in [-0.39, 0.29) is 0 Å². The zero-order chi connectivity index (χ0) is 36.8. The van der Waals surface area contributed by atoms with Crippen LogP contribution in [0.2, 0.25) is 0 Å². The fourth-order valence-electron chi connectivity index (χ4n) is 8.71. The Hall–Kier alpha value is -6.97. The van der Waals surface area contributed by atoms with Crippen molar-refractivity contribution in [2.24, 2.45) is 0 Å². The van der Waals surface area contributed by atoms with Crippen molar-refractivity contribution in [1.82, 2.24) is 5.32 Å². The molecule has 0 saturated carbocycles. The smallest absolute Gasteiger partial charge is 0.132 e. The molecule has 2 N–H and O–H groups in total. The molecule has 2 heterocycles. The number of fused-ring (bicyclic) bond motifs is 8. The first-order chi connectivity index (χ1) is 27.2. The lowest BCUT2D eigenvalue weighted by molar-refractivity contribution is 0.429. The van der Waals surface area contributed by atoms with Gasteiger partial charge in [-0.05, 0) is 92.4 Å². The van der Waals surface area contributed by atoms with Gasteiger partial charge in [0.25, 0.3) is 0 Å². The highest BCUT2D eigenvalue weighted by molar-refractivity contribution is 6.10. The lowest BCUT2D eigenvalue weighted by Gasteiger charge is -2.41. The average Bonchev–Trinajstić information content (AvgIpc) is 3.54. The number of ether oxygens (including phenoxy) is 1. The largest absolute Gasteiger partial charge is 0.457 e. The molecule has 1 spiro atoms. The average molecular weight is 707 g/mol. The topological polar surface area (TPSA) is 45.1 Å². The molecule has 0 atom stereocenters. The predicted molar refractivity (Wildman–Crippen MR) is 226 cm³/mol. The van der Waals surface area contributed by atoms with E-state index in [1.165, 1.54) is 33.5 Å². The van der Waals surface area contributed by atoms with Crippen LogP contribution in [0, 0.1) is 5.41 Å². The number of rotatable bonds is 7. The van der Waals surface area contributed by atoms with Crippen molar-refractivity contribution in [3.63, 3.8) is 0 Å². The molecule has 0 aromatic heterocycles. The number of allylic oxidation sites excluding steroid dienone is 5. The van der Waals surface area contributed by atoms with Crippen LogP contribution < -0.4 is 10.1 Å². The first-order valence-corrected chi connectivity index (χ1v) is 18.9. The lowest BCUT2D eigenvalue weighted by atomic mass is 9.67. The van der Waals surface area contributed by atoms with E-state index in [1.54, 1.807) is 0 Å². The van der Waals surface area contributed by atoms with E-state index in [9.17, 15) is 5.41 Å². The van der Waals surface area contributed by atoms with Crippen molar-refractivity contribution >= 4 is 16.9 Å². The maximum absolute atomic E-state index is 9.26. The van der Waals surface area contributed by atoms with Gasteiger partial charge in [-0.25, -0.2) is 0 Å². The summed E-state index contributed by atoms with van der Waals surface area (Å²) < 4.78 is 6.56. The molecule has 0 bridgehead atoms. The van der Waals surface area contributed by atoms with Crippen LogP contribution in [0.3, 0.4) is 0 Å². The molecule has 55 heavy (non-hydrogen) atoms. The summed E-state index contributed by atoms with van der Waals surface area (Å²) in [5.74, 6) is 1.77. The number of benzene rings is 7. The molecular formula is C52H38N2O. The summed E-state index contributed by atoms with van der Waals surface area (Å²) in [4.78, 5) is 0. The third-order valence-electron chi connectivity index (χ3n) is 11.3. The van der Waals surface area contributed by atoms with Gasteiger partial charge in [0.15, 0.2) is 0 Å². The Bertz CT molecular complexity index is 2660. The Labute approximate surface area is 322 Å². The molecule has 3 heteroatoms. The minimum absolute atomic E-state index is 0.490. The molecule has 7 aromatic carbocycles. The second kappa shape index (κ2) is 13.5. The van der Waals surface area contributed by atoms with Crippen molar-refractivity contribution < 1.29 is 4.74 Å². The SMILES string of the molecule is N=C(/C=C(\Cc1ccccc1)c1cccc(-c2ccc3c(c2)C2(C4=C3C=CCN4)c3ccccc3Oc3ccccc32)c1)c1ccc(-c2ccccc2)cc1. The van der Waals surface area contributed by atoms with E-state index < -0.39 is 5.41 Å². The number of para-hydroxylation sites is 2. The Morgan fingerprint density at radius 2 is 1.20 bits per heavy atom. The Morgan fingerprint density at radius 3 is 1.95 bits per heavy atom. The highest BCUT2D eigenvalue weighted by Crippen LogP contribution is 2.61. The molecule has 0 unspecified atom stereocenters. The van der Waals surface area contributed by atoms with Gasteiger partial charge in [0.1, 0.15) is 11.5 Å². The maximum Gasteiger partial charge on any atom is 0.132 e. The van der Waals surface area contributed by atoms with Crippen LogP contribution in [0.4, 0.5) is 0 Å². The van der Waals surface area contributed by atoms with E-state index in [0.717, 1.165) is 62.6 Å². The summed E-state index contributed by atoms with van der Waals surface area (Å²) in [6.45, 7) is 0.775. The van der Waals surface area contributed by atoms with Gasteiger partial charge in [0, 0.05) is 28.9 Å². The molecule has 262 valence electrons. The van der Waals surface area contributed by atoms with Crippen LogP contribution in [0.5, 0.6) is 11.5 Å². The third kappa shape index (κ3) is 5.55. The number of hydrogen-bond acceptors (Lipinski definition) is 3. The van der Waals surface area contributed by atoms with Crippen LogP contribution in [-0.2, 0) is 11.8 Å². The molecular weight excluding hydrogens is 669 g/mol. The Kier molecular flexibility index (Phi) is 8.00. The van der Waals surface area contributed by atoms with Crippen LogP contribution >= 0.6 is 0 Å². The van der Waals surface area contributed by atoms with Crippen molar-refractivity contribution in [1.29, 1.82) is 5.41 Å². The van der Waals surface area contributed by atoms with Crippen LogP contribution in [0.25, 0.3) is 33.4 Å². The molecule has 1 aliphatic carbocycles. The second-order valence-corrected chi connectivity index (χ2v) is 14.4. The molecule has 2 aliphatic heterocycles. The summed E-state index contributed by atoms with van der Waals surface area (Å²) in [5, 5.41) is 13.1. The van der Waals surface area contributed by atoms with E-state index in [4.69, 9.17) is 4.74 Å². The molecule has 0 radical (unpaired) electrons. The third-order valence-corrected chi connectivity index (χ3v) is 11.3. The molecule has 10 rings (SSSR count). The quantitative estimate of drug-likeness (QED) is 0.162. The standard InChI is InChI=1S/C52H38N2O/c53-48(38-26-24-37(25-27-38)36-15-5-2-6-16-36)34-42(31-35-13-3-1-4-14-35)40-18-11-17-39(32-40)41-28-29-43-44-19-12-30-54-51(44)52(47(43)33-41)45-20-7-9-22-49(45)55-50-23-10-8-21-46(50)52/h1-29,32-34,53-54H,30-31H2/b42-34+,53-48?. The normalized spacial score (nSPS) is 14.7. The minimum Gasteiger partial charge on any atom is -0.457 e. The molecule has 3 nitrogen and oxygen atoms in total. The summed E-state index contributed by atoms with van der Waals surface area (Å²) in [6, 6.07) is 62.0. The fraction of sp³-hybridized carbons (Fsp3) is 0.0577. The zero-order valence-corrected chi connectivity index (χ0v) is 30.3. The van der Waals surface area contributed by atoms with Crippen molar-refractivity contribution in [2.75, 3.05) is 6.54 Å². The Balaban J connectivity index is 1.08. The van der Waals surface area contributed by atoms with Gasteiger partial charge in [-0.1, -0.05) is 164 Å². The zero-order valence-electron chi connectivity index (χ0n) is 30.3. The highest BCUT2D eigenvalue weighted by atomic mass is 16.5. The van der Waals surface area contributed by atoms with Crippen LogP contribution in [-0.4, -0.2) is 12.3 Å². The van der Waals surface area contributed by atoms with E-state index in [0.29, 0.717) is 12.1 Å². The van der Waals surface area contributed by atoms with Crippen molar-refractivity contribution in [3.05, 3.63) is 239 Å². The number of nitrogens with one attached hydrogen (secondary N) is 2. The maximum atomic E-state index is 9.26. The highest BCUT2D eigenvalue weighted by Gasteiger charge is 2.52. The minimum atomic E-state index is -0.544. The van der Waals surface area contributed by atoms with Crippen LogP contribution in [0.15, 0.2) is 200 Å². The first-order valence-electron chi connectivity index (χ1n) is 18.9. The van der Waals surface area contributed by atoms with Gasteiger partial charge in [-0.3, -0.25) is 0 Å². The molecule has 0 fully saturated rings. The van der Waals surface area contributed by atoms with Gasteiger partial charge in [-0.15, -0.1) is 0 Å². The summed E-state index contributed by atoms with van der Waals surface area (Å²) in [5.41, 5.74) is 16.1. The van der Waals surface area contributed by atoms with E-state index >= 15 is 0 Å². The summed E-state index contributed by atoms with van der Waals surface area (Å²) >= 11 is 0. The van der Waals surface area contributed by atoms with Gasteiger partial charge < -0.3 is 15.5 Å². The second-order valence-electron chi connectivity index (χ2n) is 14.4. The monoisotopic (exact) mass is 706 g/mol. The van der Waals surface area contributed by atoms with Crippen molar-refractivity contribution in [3.8, 4) is 33.8 Å². The predicted octanol–water partition coefficient (Wildman–Crippen LogP) is 12.0. The molecule has 7 aromatic rings. The summed E-state index contributed by atoms with van der Waals surface area (Å²) in [6.07, 6.45) is 7.26. The van der Waals surface area contributed by atoms with Gasteiger partial charge in [0.2, 0.25) is 0 Å². The molecule has 0 amide bonds.